The first-order valence-corrected chi connectivity index (χ1v) is 13.7. The molecule has 39 heavy (non-hydrogen) atoms. The van der Waals surface area contributed by atoms with Crippen LogP contribution in [0, 0.1) is 13.8 Å². The number of fused-ring (bicyclic) bond motifs is 2. The highest BCUT2D eigenvalue weighted by Crippen LogP contribution is 2.39. The van der Waals surface area contributed by atoms with Crippen LogP contribution in [0.3, 0.4) is 0 Å². The molecule has 0 spiro atoms. The van der Waals surface area contributed by atoms with Crippen LogP contribution in [0.15, 0.2) is 75.4 Å². The van der Waals surface area contributed by atoms with Crippen molar-refractivity contribution in [1.82, 2.24) is 14.2 Å². The van der Waals surface area contributed by atoms with Gasteiger partial charge in [0.05, 0.1) is 22.7 Å². The van der Waals surface area contributed by atoms with Gasteiger partial charge in [-0.25, -0.2) is 4.79 Å². The number of benzene rings is 2. The van der Waals surface area contributed by atoms with Gasteiger partial charge in [0, 0.05) is 27.5 Å². The molecule has 0 radical (unpaired) electrons. The fourth-order valence-corrected chi connectivity index (χ4v) is 6.76. The summed E-state index contributed by atoms with van der Waals surface area (Å²) in [5.74, 6) is -0.118. The maximum atomic E-state index is 13.6. The van der Waals surface area contributed by atoms with E-state index in [2.05, 4.69) is 20.0 Å². The van der Waals surface area contributed by atoms with Crippen LogP contribution in [0.4, 0.5) is 5.69 Å². The van der Waals surface area contributed by atoms with Crippen LogP contribution in [0.25, 0.3) is 15.9 Å². The number of aryl methyl sites for hydroxylation is 2. The summed E-state index contributed by atoms with van der Waals surface area (Å²) < 4.78 is 2.93. The molecular weight excluding hydrogens is 510 g/mol. The van der Waals surface area contributed by atoms with Gasteiger partial charge in [0.1, 0.15) is 5.00 Å². The molecule has 5 aromatic rings. The lowest BCUT2D eigenvalue weighted by atomic mass is 9.95. The maximum absolute atomic E-state index is 13.6. The highest BCUT2D eigenvalue weighted by Gasteiger charge is 2.28. The van der Waals surface area contributed by atoms with E-state index in [0.717, 1.165) is 63.6 Å². The first-order chi connectivity index (χ1) is 18.9. The number of aromatic amines is 1. The number of rotatable bonds is 5. The van der Waals surface area contributed by atoms with Gasteiger partial charge in [-0.1, -0.05) is 30.3 Å². The SMILES string of the molecule is Cc1cc(C=Nn2c(=O)[nH]c3ccccc3c2=O)c(C)n1-c1sc2c(c1C(=O)Nc1ccccc1)CCCC2. The molecule has 0 saturated heterocycles. The van der Waals surface area contributed by atoms with Crippen molar-refractivity contribution in [3.8, 4) is 5.00 Å². The summed E-state index contributed by atoms with van der Waals surface area (Å²) in [5, 5.41) is 8.60. The standard InChI is InChI=1S/C30H27N5O3S/c1-18-16-20(17-31-35-28(37)22-12-6-8-14-24(22)33-30(35)38)19(2)34(18)29-26(23-13-7-9-15-25(23)39-29)27(36)32-21-10-4-3-5-11-21/h3-6,8,10-12,14,16-17H,7,9,13,15H2,1-2H3,(H,32,36)(H,33,38). The second-order valence-corrected chi connectivity index (χ2v) is 10.8. The summed E-state index contributed by atoms with van der Waals surface area (Å²) in [6.07, 6.45) is 5.55. The summed E-state index contributed by atoms with van der Waals surface area (Å²) >= 11 is 1.66. The molecule has 3 aromatic heterocycles. The third kappa shape index (κ3) is 4.44. The van der Waals surface area contributed by atoms with E-state index in [1.807, 2.05) is 50.2 Å². The minimum absolute atomic E-state index is 0.118. The van der Waals surface area contributed by atoms with Gasteiger partial charge < -0.3 is 14.9 Å². The Bertz CT molecular complexity index is 1870. The Kier molecular flexibility index (Phi) is 6.36. The number of thiophene rings is 1. The molecule has 9 heteroatoms. The van der Waals surface area contributed by atoms with Gasteiger partial charge in [0.25, 0.3) is 11.5 Å². The first kappa shape index (κ1) is 24.8. The Labute approximate surface area is 228 Å². The summed E-state index contributed by atoms with van der Waals surface area (Å²) in [7, 11) is 0. The third-order valence-corrected chi connectivity index (χ3v) is 8.46. The van der Waals surface area contributed by atoms with E-state index >= 15 is 0 Å². The molecule has 0 atom stereocenters. The number of hydrogen-bond acceptors (Lipinski definition) is 5. The van der Waals surface area contributed by atoms with Crippen molar-refractivity contribution in [2.24, 2.45) is 5.10 Å². The zero-order valence-corrected chi connectivity index (χ0v) is 22.5. The van der Waals surface area contributed by atoms with E-state index < -0.39 is 11.2 Å². The minimum atomic E-state index is -0.602. The molecule has 2 aromatic carbocycles. The number of carbonyl (C=O) groups excluding carboxylic acids is 1. The largest absolute Gasteiger partial charge is 0.349 e. The van der Waals surface area contributed by atoms with Crippen molar-refractivity contribution in [2.45, 2.75) is 39.5 Å². The van der Waals surface area contributed by atoms with Crippen molar-refractivity contribution in [3.63, 3.8) is 0 Å². The van der Waals surface area contributed by atoms with E-state index in [-0.39, 0.29) is 5.91 Å². The summed E-state index contributed by atoms with van der Waals surface area (Å²) in [6, 6.07) is 18.3. The fourth-order valence-electron chi connectivity index (χ4n) is 5.27. The molecule has 1 aliphatic rings. The van der Waals surface area contributed by atoms with Crippen molar-refractivity contribution >= 4 is 40.0 Å². The lowest BCUT2D eigenvalue weighted by molar-refractivity contribution is 0.102. The van der Waals surface area contributed by atoms with Crippen LogP contribution in [0.2, 0.25) is 0 Å². The average Bonchev–Trinajstić information content (AvgIpc) is 3.45. The van der Waals surface area contributed by atoms with Crippen molar-refractivity contribution in [1.29, 1.82) is 0 Å². The number of hydrogen-bond donors (Lipinski definition) is 2. The Morgan fingerprint density at radius 2 is 1.77 bits per heavy atom. The molecule has 0 unspecified atom stereocenters. The molecule has 6 rings (SSSR count). The number of nitrogens with zero attached hydrogens (tertiary/aromatic N) is 3. The molecule has 1 aliphatic carbocycles. The van der Waals surface area contributed by atoms with Crippen LogP contribution in [0.5, 0.6) is 0 Å². The fraction of sp³-hybridized carbons (Fsp3) is 0.200. The topological polar surface area (TPSA) is 101 Å². The lowest BCUT2D eigenvalue weighted by Gasteiger charge is -2.14. The number of para-hydroxylation sites is 2. The quantitative estimate of drug-likeness (QED) is 0.302. The highest BCUT2D eigenvalue weighted by atomic mass is 32.1. The van der Waals surface area contributed by atoms with Crippen LogP contribution >= 0.6 is 11.3 Å². The van der Waals surface area contributed by atoms with Crippen LogP contribution in [-0.4, -0.2) is 26.3 Å². The molecule has 196 valence electrons. The van der Waals surface area contributed by atoms with Crippen molar-refractivity contribution in [2.75, 3.05) is 5.32 Å². The van der Waals surface area contributed by atoms with Gasteiger partial charge in [0.2, 0.25) is 0 Å². The normalized spacial score (nSPS) is 13.2. The van der Waals surface area contributed by atoms with Gasteiger partial charge >= 0.3 is 5.69 Å². The Morgan fingerprint density at radius 1 is 1.03 bits per heavy atom. The minimum Gasteiger partial charge on any atom is -0.322 e. The summed E-state index contributed by atoms with van der Waals surface area (Å²) in [6.45, 7) is 3.94. The predicted molar refractivity (Wildman–Crippen MR) is 156 cm³/mol. The number of aromatic nitrogens is 3. The van der Waals surface area contributed by atoms with E-state index in [1.54, 1.807) is 35.6 Å². The van der Waals surface area contributed by atoms with Gasteiger partial charge in [-0.05, 0) is 75.4 Å². The summed E-state index contributed by atoms with van der Waals surface area (Å²) in [4.78, 5) is 43.1. The summed E-state index contributed by atoms with van der Waals surface area (Å²) in [5.41, 5.74) is 4.55. The second-order valence-electron chi connectivity index (χ2n) is 9.71. The molecule has 0 aliphatic heterocycles. The monoisotopic (exact) mass is 537 g/mol. The molecular formula is C30H27N5O3S. The molecule has 2 N–H and O–H groups in total. The predicted octanol–water partition coefficient (Wildman–Crippen LogP) is 5.17. The highest BCUT2D eigenvalue weighted by molar-refractivity contribution is 7.15. The Balaban J connectivity index is 1.42. The number of H-pyrrole nitrogens is 1. The van der Waals surface area contributed by atoms with Crippen LogP contribution in [-0.2, 0) is 12.8 Å². The Hall–Kier alpha value is -4.50. The lowest BCUT2D eigenvalue weighted by Crippen LogP contribution is -2.32. The molecule has 0 saturated carbocycles. The zero-order valence-electron chi connectivity index (χ0n) is 21.7. The number of carbonyl (C=O) groups is 1. The van der Waals surface area contributed by atoms with Gasteiger partial charge in [-0.2, -0.15) is 5.10 Å². The van der Waals surface area contributed by atoms with Crippen molar-refractivity contribution in [3.05, 3.63) is 114 Å². The van der Waals surface area contributed by atoms with Crippen molar-refractivity contribution < 1.29 is 4.79 Å². The maximum Gasteiger partial charge on any atom is 0.349 e. The molecule has 1 amide bonds. The smallest absolute Gasteiger partial charge is 0.322 e. The first-order valence-electron chi connectivity index (χ1n) is 12.9. The van der Waals surface area contributed by atoms with Crippen LogP contribution < -0.4 is 16.6 Å². The van der Waals surface area contributed by atoms with Gasteiger partial charge in [0.15, 0.2) is 0 Å². The average molecular weight is 538 g/mol. The van der Waals surface area contributed by atoms with E-state index in [1.165, 1.54) is 11.1 Å². The molecule has 0 fully saturated rings. The Morgan fingerprint density at radius 3 is 2.59 bits per heavy atom. The molecule has 3 heterocycles. The third-order valence-electron chi connectivity index (χ3n) is 7.18. The number of anilines is 1. The van der Waals surface area contributed by atoms with Gasteiger partial charge in [-0.3, -0.25) is 9.59 Å². The van der Waals surface area contributed by atoms with E-state index in [0.29, 0.717) is 16.5 Å². The molecule has 0 bridgehead atoms. The number of amides is 1. The van der Waals surface area contributed by atoms with Crippen LogP contribution in [0.1, 0.15) is 50.6 Å². The zero-order chi connectivity index (χ0) is 27.1. The second kappa shape index (κ2) is 9.99. The number of nitrogens with one attached hydrogen (secondary N) is 2. The van der Waals surface area contributed by atoms with E-state index in [4.69, 9.17) is 0 Å². The van der Waals surface area contributed by atoms with E-state index in [9.17, 15) is 14.4 Å². The molecule has 8 nitrogen and oxygen atoms in total. The van der Waals surface area contributed by atoms with Gasteiger partial charge in [-0.15, -0.1) is 16.0 Å².